The van der Waals surface area contributed by atoms with Gasteiger partial charge in [-0.05, 0) is 13.3 Å². The van der Waals surface area contributed by atoms with Gasteiger partial charge in [0.1, 0.15) is 0 Å². The fourth-order valence-electron chi connectivity index (χ4n) is 0.563. The Kier molecular flexibility index (Phi) is 2.86. The molecular formula is C6H13N3O2. The number of hydrogen-bond donors (Lipinski definition) is 3. The van der Waals surface area contributed by atoms with Crippen LogP contribution in [0.5, 0.6) is 0 Å². The molecule has 64 valence electrons. The van der Waals surface area contributed by atoms with E-state index < -0.39 is 11.5 Å². The molecule has 5 heteroatoms. The van der Waals surface area contributed by atoms with Gasteiger partial charge in [0.15, 0.2) is 11.5 Å². The predicted molar refractivity (Wildman–Crippen MR) is 42.1 cm³/mol. The molecule has 0 heterocycles. The largest absolute Gasteiger partial charge is 0.479 e. The third kappa shape index (κ3) is 2.45. The Balaban J connectivity index is 4.62. The summed E-state index contributed by atoms with van der Waals surface area (Å²) in [5.74, 6) is -1.22. The van der Waals surface area contributed by atoms with Crippen molar-refractivity contribution in [3.05, 3.63) is 0 Å². The molecule has 0 aromatic carbocycles. The molecule has 0 spiro atoms. The van der Waals surface area contributed by atoms with Crippen LogP contribution in [0.2, 0.25) is 0 Å². The fraction of sp³-hybridized carbons (Fsp3) is 0.667. The first-order chi connectivity index (χ1) is 4.92. The van der Waals surface area contributed by atoms with Crippen molar-refractivity contribution >= 4 is 11.9 Å². The van der Waals surface area contributed by atoms with Crippen molar-refractivity contribution in [3.8, 4) is 0 Å². The molecule has 11 heavy (non-hydrogen) atoms. The summed E-state index contributed by atoms with van der Waals surface area (Å²) in [6.45, 7) is 3.18. The molecular weight excluding hydrogens is 146 g/mol. The molecule has 5 N–H and O–H groups in total. The summed E-state index contributed by atoms with van der Waals surface area (Å²) in [5, 5.41) is 8.66. The van der Waals surface area contributed by atoms with Crippen LogP contribution in [0.25, 0.3) is 0 Å². The van der Waals surface area contributed by atoms with E-state index in [1.54, 1.807) is 6.92 Å². The van der Waals surface area contributed by atoms with Crippen molar-refractivity contribution in [2.75, 3.05) is 0 Å². The Morgan fingerprint density at radius 3 is 2.18 bits per heavy atom. The van der Waals surface area contributed by atoms with Gasteiger partial charge in [-0.3, -0.25) is 0 Å². The lowest BCUT2D eigenvalue weighted by Crippen LogP contribution is -2.37. The second-order valence-corrected chi connectivity index (χ2v) is 2.47. The number of carboxylic acids is 1. The Morgan fingerprint density at radius 2 is 2.09 bits per heavy atom. The average molecular weight is 159 g/mol. The van der Waals surface area contributed by atoms with Crippen molar-refractivity contribution in [2.45, 2.75) is 25.8 Å². The van der Waals surface area contributed by atoms with Crippen LogP contribution in [0.1, 0.15) is 20.3 Å². The first-order valence-corrected chi connectivity index (χ1v) is 3.26. The number of nitrogens with two attached hydrogens (primary N) is 2. The SMILES string of the molecule is CCC(C)(N=C(N)N)C(=O)O. The highest BCUT2D eigenvalue weighted by Crippen LogP contribution is 2.14. The van der Waals surface area contributed by atoms with Crippen molar-refractivity contribution in [1.29, 1.82) is 0 Å². The van der Waals surface area contributed by atoms with Crippen LogP contribution in [-0.2, 0) is 4.79 Å². The van der Waals surface area contributed by atoms with E-state index in [-0.39, 0.29) is 5.96 Å². The van der Waals surface area contributed by atoms with Crippen LogP contribution < -0.4 is 11.5 Å². The van der Waals surface area contributed by atoms with Gasteiger partial charge in [-0.15, -0.1) is 0 Å². The van der Waals surface area contributed by atoms with Gasteiger partial charge >= 0.3 is 5.97 Å². The maximum atomic E-state index is 10.6. The van der Waals surface area contributed by atoms with Crippen molar-refractivity contribution in [1.82, 2.24) is 0 Å². The summed E-state index contributed by atoms with van der Waals surface area (Å²) in [5.41, 5.74) is 8.93. The molecule has 0 aromatic rings. The number of carbonyl (C=O) groups is 1. The Hall–Kier alpha value is -1.26. The average Bonchev–Trinajstić information content (AvgIpc) is 1.86. The van der Waals surface area contributed by atoms with Crippen molar-refractivity contribution in [3.63, 3.8) is 0 Å². The quantitative estimate of drug-likeness (QED) is 0.382. The third-order valence-electron chi connectivity index (χ3n) is 1.53. The number of aliphatic imine (C=N–C) groups is 1. The topological polar surface area (TPSA) is 102 Å². The number of carboxylic acid groups (broad SMARTS) is 1. The number of nitrogens with zero attached hydrogens (tertiary/aromatic N) is 1. The number of guanidine groups is 1. The lowest BCUT2D eigenvalue weighted by molar-refractivity contribution is -0.142. The molecule has 0 bridgehead atoms. The van der Waals surface area contributed by atoms with E-state index in [9.17, 15) is 4.79 Å². The van der Waals surface area contributed by atoms with Crippen molar-refractivity contribution in [2.24, 2.45) is 16.5 Å². The highest BCUT2D eigenvalue weighted by Gasteiger charge is 2.30. The van der Waals surface area contributed by atoms with Crippen LogP contribution in [0.3, 0.4) is 0 Å². The van der Waals surface area contributed by atoms with Gasteiger partial charge in [0.2, 0.25) is 0 Å². The van der Waals surface area contributed by atoms with Gasteiger partial charge in [-0.1, -0.05) is 6.92 Å². The molecule has 0 aromatic heterocycles. The Morgan fingerprint density at radius 1 is 1.64 bits per heavy atom. The van der Waals surface area contributed by atoms with Crippen LogP contribution >= 0.6 is 0 Å². The maximum Gasteiger partial charge on any atom is 0.331 e. The fourth-order valence-corrected chi connectivity index (χ4v) is 0.563. The van der Waals surface area contributed by atoms with Crippen LogP contribution in [0.4, 0.5) is 0 Å². The van der Waals surface area contributed by atoms with E-state index in [1.165, 1.54) is 6.92 Å². The molecule has 0 aliphatic carbocycles. The van der Waals surface area contributed by atoms with E-state index in [2.05, 4.69) is 4.99 Å². The summed E-state index contributed by atoms with van der Waals surface area (Å²) in [6, 6.07) is 0. The second kappa shape index (κ2) is 3.23. The van der Waals surface area contributed by atoms with Crippen molar-refractivity contribution < 1.29 is 9.90 Å². The summed E-state index contributed by atoms with van der Waals surface area (Å²) in [6.07, 6.45) is 0.361. The lowest BCUT2D eigenvalue weighted by Gasteiger charge is -2.17. The smallest absolute Gasteiger partial charge is 0.331 e. The third-order valence-corrected chi connectivity index (χ3v) is 1.53. The number of rotatable bonds is 3. The van der Waals surface area contributed by atoms with E-state index >= 15 is 0 Å². The van der Waals surface area contributed by atoms with Crippen LogP contribution in [-0.4, -0.2) is 22.6 Å². The predicted octanol–water partition coefficient (Wildman–Crippen LogP) is -0.487. The monoisotopic (exact) mass is 159 g/mol. The van der Waals surface area contributed by atoms with Gasteiger partial charge in [0.25, 0.3) is 0 Å². The highest BCUT2D eigenvalue weighted by molar-refractivity contribution is 5.84. The maximum absolute atomic E-state index is 10.6. The minimum atomic E-state index is -1.18. The molecule has 1 unspecified atom stereocenters. The molecule has 0 radical (unpaired) electrons. The molecule has 1 atom stereocenters. The van der Waals surface area contributed by atoms with E-state index in [4.69, 9.17) is 16.6 Å². The number of hydrogen-bond acceptors (Lipinski definition) is 2. The molecule has 0 rings (SSSR count). The van der Waals surface area contributed by atoms with E-state index in [0.717, 1.165) is 0 Å². The first-order valence-electron chi connectivity index (χ1n) is 3.26. The molecule has 0 saturated heterocycles. The normalized spacial score (nSPS) is 15.1. The zero-order valence-corrected chi connectivity index (χ0v) is 6.66. The summed E-state index contributed by atoms with van der Waals surface area (Å²) < 4.78 is 0. The summed E-state index contributed by atoms with van der Waals surface area (Å²) in [7, 11) is 0. The minimum Gasteiger partial charge on any atom is -0.479 e. The van der Waals surface area contributed by atoms with E-state index in [0.29, 0.717) is 6.42 Å². The summed E-state index contributed by atoms with van der Waals surface area (Å²) in [4.78, 5) is 14.2. The van der Waals surface area contributed by atoms with Gasteiger partial charge < -0.3 is 16.6 Å². The van der Waals surface area contributed by atoms with Gasteiger partial charge in [0.05, 0.1) is 0 Å². The molecule has 0 aliphatic heterocycles. The number of aliphatic carboxylic acids is 1. The first kappa shape index (κ1) is 9.74. The highest BCUT2D eigenvalue weighted by atomic mass is 16.4. The minimum absolute atomic E-state index is 0.197. The molecule has 5 nitrogen and oxygen atoms in total. The lowest BCUT2D eigenvalue weighted by atomic mass is 10.0. The Bertz CT molecular complexity index is 186. The second-order valence-electron chi connectivity index (χ2n) is 2.47. The molecule has 0 aliphatic rings. The Labute approximate surface area is 65.1 Å². The molecule has 0 fully saturated rings. The standard InChI is InChI=1S/C6H13N3O2/c1-3-6(2,4(10)11)9-5(7)8/h3H2,1-2H3,(H,10,11)(H4,7,8,9). The molecule has 0 amide bonds. The van der Waals surface area contributed by atoms with Gasteiger partial charge in [-0.2, -0.15) is 0 Å². The van der Waals surface area contributed by atoms with Gasteiger partial charge in [0, 0.05) is 0 Å². The van der Waals surface area contributed by atoms with E-state index in [1.807, 2.05) is 0 Å². The van der Waals surface area contributed by atoms with Gasteiger partial charge in [-0.25, -0.2) is 9.79 Å². The zero-order valence-electron chi connectivity index (χ0n) is 6.66. The van der Waals surface area contributed by atoms with Crippen LogP contribution in [0.15, 0.2) is 4.99 Å². The zero-order chi connectivity index (χ0) is 9.07. The summed E-state index contributed by atoms with van der Waals surface area (Å²) >= 11 is 0. The van der Waals surface area contributed by atoms with Crippen LogP contribution in [0, 0.1) is 0 Å². The molecule has 0 saturated carbocycles.